The molecule has 0 spiro atoms. The van der Waals surface area contributed by atoms with Crippen LogP contribution in [-0.4, -0.2) is 30.3 Å². The summed E-state index contributed by atoms with van der Waals surface area (Å²) in [4.78, 5) is 25.8. The topological polar surface area (TPSA) is 91.2 Å². The minimum absolute atomic E-state index is 0.156. The Bertz CT molecular complexity index is 1120. The fraction of sp³-hybridized carbons (Fsp3) is 0.381. The van der Waals surface area contributed by atoms with Gasteiger partial charge in [-0.25, -0.2) is 4.79 Å². The number of ether oxygens (including phenoxy) is 1. The normalized spacial score (nSPS) is 13.5. The van der Waals surface area contributed by atoms with E-state index in [0.29, 0.717) is 29.0 Å². The molecule has 2 N–H and O–H groups in total. The van der Waals surface area contributed by atoms with Crippen molar-refractivity contribution in [2.45, 2.75) is 45.2 Å². The molecule has 0 aliphatic rings. The van der Waals surface area contributed by atoms with Gasteiger partial charge in [0.1, 0.15) is 11.1 Å². The van der Waals surface area contributed by atoms with Crippen LogP contribution >= 0.6 is 11.3 Å². The second kappa shape index (κ2) is 9.92. The minimum Gasteiger partial charge on any atom is -0.463 e. The van der Waals surface area contributed by atoms with E-state index in [4.69, 9.17) is 0 Å². The lowest BCUT2D eigenvalue weighted by atomic mass is 10.1. The predicted octanol–water partition coefficient (Wildman–Crippen LogP) is 5.17. The number of alkyl halides is 6. The first-order valence-electron chi connectivity index (χ1n) is 9.76. The highest BCUT2D eigenvalue weighted by molar-refractivity contribution is 7.16. The summed E-state index contributed by atoms with van der Waals surface area (Å²) in [5.41, 5.74) is -5.64. The molecule has 0 fully saturated rings. The number of nitriles is 1. The highest BCUT2D eigenvalue weighted by atomic mass is 32.1. The fourth-order valence-corrected chi connectivity index (χ4v) is 4.24. The van der Waals surface area contributed by atoms with E-state index < -0.39 is 47.6 Å². The lowest BCUT2D eigenvalue weighted by Gasteiger charge is -2.35. The molecule has 0 radical (unpaired) electrons. The first kappa shape index (κ1) is 27.0. The van der Waals surface area contributed by atoms with Crippen LogP contribution in [0.25, 0.3) is 0 Å². The zero-order chi connectivity index (χ0) is 25.9. The summed E-state index contributed by atoms with van der Waals surface area (Å²) in [5, 5.41) is 12.5. The van der Waals surface area contributed by atoms with Crippen molar-refractivity contribution >= 4 is 28.2 Å². The Morgan fingerprint density at radius 3 is 2.29 bits per heavy atom. The van der Waals surface area contributed by atoms with Crippen molar-refractivity contribution < 1.29 is 40.7 Å². The van der Waals surface area contributed by atoms with Crippen LogP contribution in [0.5, 0.6) is 0 Å². The average molecular weight is 507 g/mol. The van der Waals surface area contributed by atoms with Gasteiger partial charge in [0.2, 0.25) is 0 Å². The summed E-state index contributed by atoms with van der Waals surface area (Å²) in [7, 11) is 0. The van der Waals surface area contributed by atoms with Gasteiger partial charge in [-0.15, -0.1) is 11.3 Å². The number of carbonyl (C=O) groups excluding carboxylic acids is 2. The molecule has 0 aliphatic carbocycles. The Labute approximate surface area is 194 Å². The lowest BCUT2D eigenvalue weighted by molar-refractivity contribution is -0.204. The molecule has 184 valence electrons. The third-order valence-electron chi connectivity index (χ3n) is 4.74. The second-order valence-corrected chi connectivity index (χ2v) is 8.16. The van der Waals surface area contributed by atoms with Crippen LogP contribution in [0.15, 0.2) is 24.3 Å². The molecule has 0 saturated carbocycles. The zero-order valence-electron chi connectivity index (χ0n) is 18.1. The summed E-state index contributed by atoms with van der Waals surface area (Å²) in [5.74, 6) is -3.57. The Balaban J connectivity index is 2.64. The van der Waals surface area contributed by atoms with Gasteiger partial charge in [0.15, 0.2) is 0 Å². The summed E-state index contributed by atoms with van der Waals surface area (Å²) in [6.45, 7) is 3.99. The van der Waals surface area contributed by atoms with E-state index in [1.807, 2.05) is 5.32 Å². The van der Waals surface area contributed by atoms with Crippen molar-refractivity contribution in [2.24, 2.45) is 0 Å². The molecule has 2 aromatic rings. The van der Waals surface area contributed by atoms with Gasteiger partial charge >= 0.3 is 24.0 Å². The highest BCUT2D eigenvalue weighted by Gasteiger charge is 2.64. The van der Waals surface area contributed by atoms with Crippen molar-refractivity contribution in [3.63, 3.8) is 0 Å². The number of esters is 1. The van der Waals surface area contributed by atoms with Gasteiger partial charge in [0, 0.05) is 10.4 Å². The van der Waals surface area contributed by atoms with E-state index >= 15 is 0 Å². The highest BCUT2D eigenvalue weighted by Crippen LogP contribution is 2.39. The van der Waals surface area contributed by atoms with Crippen molar-refractivity contribution in [1.82, 2.24) is 5.32 Å². The number of nitrogens with zero attached hydrogens (tertiary/aromatic N) is 1. The minimum atomic E-state index is -5.52. The number of nitrogens with one attached hydrogen (secondary N) is 2. The van der Waals surface area contributed by atoms with Gasteiger partial charge in [-0.1, -0.05) is 13.0 Å². The Hall–Kier alpha value is -3.27. The molecule has 1 unspecified atom stereocenters. The van der Waals surface area contributed by atoms with Gasteiger partial charge in [-0.3, -0.25) is 4.79 Å². The number of anilines is 1. The summed E-state index contributed by atoms with van der Waals surface area (Å²) in [6.07, 6.45) is -10.1. The van der Waals surface area contributed by atoms with Crippen molar-refractivity contribution in [1.29, 1.82) is 5.26 Å². The van der Waals surface area contributed by atoms with E-state index in [9.17, 15) is 41.2 Å². The monoisotopic (exact) mass is 507 g/mol. The van der Waals surface area contributed by atoms with Gasteiger partial charge in [0.05, 0.1) is 17.7 Å². The lowest BCUT2D eigenvalue weighted by Crippen LogP contribution is -2.69. The number of thiophene rings is 1. The number of aryl methyl sites for hydroxylation is 1. The smallest absolute Gasteiger partial charge is 0.441 e. The van der Waals surface area contributed by atoms with Gasteiger partial charge < -0.3 is 15.4 Å². The van der Waals surface area contributed by atoms with Crippen LogP contribution in [0.1, 0.15) is 45.8 Å². The first-order chi connectivity index (χ1) is 15.7. The maximum Gasteiger partial charge on any atom is 0.441 e. The Morgan fingerprint density at radius 1 is 1.15 bits per heavy atom. The zero-order valence-corrected chi connectivity index (χ0v) is 18.9. The van der Waals surface area contributed by atoms with Gasteiger partial charge in [-0.05, 0) is 44.0 Å². The van der Waals surface area contributed by atoms with Crippen LogP contribution in [0.2, 0.25) is 0 Å². The molecule has 34 heavy (non-hydrogen) atoms. The molecule has 1 aromatic carbocycles. The fourth-order valence-electron chi connectivity index (χ4n) is 3.09. The number of benzene rings is 1. The molecule has 0 bridgehead atoms. The number of hydrogen-bond donors (Lipinski definition) is 2. The van der Waals surface area contributed by atoms with E-state index in [2.05, 4.69) is 4.74 Å². The number of rotatable bonds is 7. The van der Waals surface area contributed by atoms with E-state index in [-0.39, 0.29) is 10.6 Å². The van der Waals surface area contributed by atoms with Crippen LogP contribution in [0, 0.1) is 18.3 Å². The SMILES string of the molecule is CCOC(=O)C(NC(=O)c1cccc(C(F)(F)F)c1)(Nc1sc(C)c(CC)c1C#N)C(F)(F)F. The molecule has 1 aromatic heterocycles. The summed E-state index contributed by atoms with van der Waals surface area (Å²) < 4.78 is 86.7. The maximum absolute atomic E-state index is 14.4. The number of amides is 1. The molecule has 0 aliphatic heterocycles. The molecule has 0 saturated heterocycles. The molecular weight excluding hydrogens is 488 g/mol. The quantitative estimate of drug-likeness (QED) is 0.307. The Kier molecular flexibility index (Phi) is 7.87. The molecule has 2 rings (SSSR count). The molecule has 1 atom stereocenters. The number of halogens is 6. The third kappa shape index (κ3) is 5.27. The largest absolute Gasteiger partial charge is 0.463 e. The van der Waals surface area contributed by atoms with E-state index in [1.54, 1.807) is 19.9 Å². The molecule has 13 heteroatoms. The maximum atomic E-state index is 14.4. The number of hydrogen-bond acceptors (Lipinski definition) is 6. The summed E-state index contributed by atoms with van der Waals surface area (Å²) >= 11 is 0.756. The molecule has 1 amide bonds. The van der Waals surface area contributed by atoms with Crippen LogP contribution in [0.3, 0.4) is 0 Å². The summed E-state index contributed by atoms with van der Waals surface area (Å²) in [6, 6.07) is 4.48. The second-order valence-electron chi connectivity index (χ2n) is 6.93. The van der Waals surface area contributed by atoms with Crippen molar-refractivity contribution in [2.75, 3.05) is 11.9 Å². The molecule has 6 nitrogen and oxygen atoms in total. The van der Waals surface area contributed by atoms with E-state index in [0.717, 1.165) is 23.5 Å². The molecular formula is C21H19F6N3O3S. The first-order valence-corrected chi connectivity index (χ1v) is 10.6. The van der Waals surface area contributed by atoms with E-state index in [1.165, 1.54) is 12.2 Å². The Morgan fingerprint density at radius 2 is 1.79 bits per heavy atom. The predicted molar refractivity (Wildman–Crippen MR) is 111 cm³/mol. The van der Waals surface area contributed by atoms with Gasteiger partial charge in [0.25, 0.3) is 5.91 Å². The number of carbonyl (C=O) groups is 2. The van der Waals surface area contributed by atoms with Crippen molar-refractivity contribution in [3.05, 3.63) is 51.4 Å². The standard InChI is InChI=1S/C21H19F6N3O3S/c1-4-14-11(3)34-17(15(14)10-28)30-19(21(25,26)27,18(32)33-5-2)29-16(31)12-7-6-8-13(9-12)20(22,23)24/h6-9,30H,4-5H2,1-3H3,(H,29,31). The third-order valence-corrected chi connectivity index (χ3v) is 5.80. The van der Waals surface area contributed by atoms with Crippen LogP contribution in [-0.2, 0) is 22.1 Å². The molecule has 1 heterocycles. The average Bonchev–Trinajstić information content (AvgIpc) is 3.05. The van der Waals surface area contributed by atoms with Crippen LogP contribution < -0.4 is 10.6 Å². The van der Waals surface area contributed by atoms with Gasteiger partial charge in [-0.2, -0.15) is 31.6 Å². The van der Waals surface area contributed by atoms with Crippen molar-refractivity contribution in [3.8, 4) is 6.07 Å². The van der Waals surface area contributed by atoms with Crippen LogP contribution in [0.4, 0.5) is 31.3 Å².